The van der Waals surface area contributed by atoms with E-state index in [1.807, 2.05) is 0 Å². The van der Waals surface area contributed by atoms with Crippen molar-refractivity contribution in [1.29, 1.82) is 0 Å². The highest BCUT2D eigenvalue weighted by Gasteiger charge is 2.59. The second-order valence-electron chi connectivity index (χ2n) is 7.28. The first-order valence-electron chi connectivity index (χ1n) is 8.29. The SMILES string of the molecule is CC1CCCC(CN2C(=O)C3(CC3)NC2c2ccsc2)C1. The van der Waals surface area contributed by atoms with E-state index in [4.69, 9.17) is 0 Å². The molecule has 3 aliphatic rings. The maximum atomic E-state index is 12.8. The molecule has 1 aliphatic heterocycles. The van der Waals surface area contributed by atoms with Crippen LogP contribution >= 0.6 is 11.3 Å². The van der Waals surface area contributed by atoms with Gasteiger partial charge in [-0.25, -0.2) is 0 Å². The largest absolute Gasteiger partial charge is 0.321 e. The van der Waals surface area contributed by atoms with Crippen molar-refractivity contribution in [3.63, 3.8) is 0 Å². The van der Waals surface area contributed by atoms with Crippen molar-refractivity contribution >= 4 is 17.2 Å². The van der Waals surface area contributed by atoms with Crippen LogP contribution in [0.3, 0.4) is 0 Å². The van der Waals surface area contributed by atoms with Gasteiger partial charge >= 0.3 is 0 Å². The summed E-state index contributed by atoms with van der Waals surface area (Å²) >= 11 is 1.72. The van der Waals surface area contributed by atoms with Crippen LogP contribution in [0, 0.1) is 11.8 Å². The van der Waals surface area contributed by atoms with Gasteiger partial charge in [0.15, 0.2) is 0 Å². The van der Waals surface area contributed by atoms with Crippen molar-refractivity contribution < 1.29 is 4.79 Å². The van der Waals surface area contributed by atoms with E-state index in [-0.39, 0.29) is 11.7 Å². The van der Waals surface area contributed by atoms with E-state index in [0.717, 1.165) is 25.3 Å². The first kappa shape index (κ1) is 13.8. The number of amides is 1. The molecule has 3 atom stereocenters. The van der Waals surface area contributed by atoms with Gasteiger partial charge in [-0.05, 0) is 59.9 Å². The van der Waals surface area contributed by atoms with Crippen LogP contribution in [0.1, 0.15) is 57.2 Å². The summed E-state index contributed by atoms with van der Waals surface area (Å²) in [6.07, 6.45) is 7.41. The zero-order valence-electron chi connectivity index (χ0n) is 12.7. The third kappa shape index (κ3) is 2.42. The molecule has 1 amide bonds. The molecule has 2 saturated carbocycles. The van der Waals surface area contributed by atoms with E-state index < -0.39 is 0 Å². The molecule has 1 aromatic heterocycles. The Hall–Kier alpha value is -0.870. The maximum Gasteiger partial charge on any atom is 0.244 e. The highest BCUT2D eigenvalue weighted by molar-refractivity contribution is 7.07. The fourth-order valence-corrected chi connectivity index (χ4v) is 4.84. The first-order valence-corrected chi connectivity index (χ1v) is 9.23. The average Bonchev–Trinajstić information content (AvgIpc) is 2.95. The van der Waals surface area contributed by atoms with Gasteiger partial charge in [0, 0.05) is 6.54 Å². The molecule has 1 saturated heterocycles. The molecule has 3 unspecified atom stereocenters. The van der Waals surface area contributed by atoms with Crippen molar-refractivity contribution in [3.8, 4) is 0 Å². The van der Waals surface area contributed by atoms with Crippen LogP contribution < -0.4 is 5.32 Å². The number of carbonyl (C=O) groups excluding carboxylic acids is 1. The molecule has 1 N–H and O–H groups in total. The predicted molar refractivity (Wildman–Crippen MR) is 85.0 cm³/mol. The monoisotopic (exact) mass is 304 g/mol. The van der Waals surface area contributed by atoms with Gasteiger partial charge < -0.3 is 4.90 Å². The summed E-state index contributed by atoms with van der Waals surface area (Å²) in [6, 6.07) is 2.16. The summed E-state index contributed by atoms with van der Waals surface area (Å²) in [6.45, 7) is 3.30. The van der Waals surface area contributed by atoms with Gasteiger partial charge in [-0.1, -0.05) is 19.8 Å². The predicted octanol–water partition coefficient (Wildman–Crippen LogP) is 3.54. The lowest BCUT2D eigenvalue weighted by atomic mass is 9.82. The quantitative estimate of drug-likeness (QED) is 0.926. The van der Waals surface area contributed by atoms with Gasteiger partial charge in [0.2, 0.25) is 5.91 Å². The summed E-state index contributed by atoms with van der Waals surface area (Å²) < 4.78 is 0. The molecule has 0 bridgehead atoms. The second-order valence-corrected chi connectivity index (χ2v) is 8.06. The zero-order chi connectivity index (χ0) is 14.4. The van der Waals surface area contributed by atoms with Crippen LogP contribution in [0.4, 0.5) is 0 Å². The van der Waals surface area contributed by atoms with Gasteiger partial charge in [-0.2, -0.15) is 11.3 Å². The normalized spacial score (nSPS) is 34.6. The molecule has 3 fully saturated rings. The number of hydrogen-bond acceptors (Lipinski definition) is 3. The molecular formula is C17H24N2OS. The molecule has 2 heterocycles. The van der Waals surface area contributed by atoms with Crippen molar-refractivity contribution in [3.05, 3.63) is 22.4 Å². The van der Waals surface area contributed by atoms with Gasteiger partial charge in [0.05, 0.1) is 0 Å². The van der Waals surface area contributed by atoms with Gasteiger partial charge in [-0.15, -0.1) is 0 Å². The number of hydrogen-bond donors (Lipinski definition) is 1. The van der Waals surface area contributed by atoms with Crippen LogP contribution in [0.15, 0.2) is 16.8 Å². The van der Waals surface area contributed by atoms with Gasteiger partial charge in [-0.3, -0.25) is 10.1 Å². The van der Waals surface area contributed by atoms with Crippen LogP contribution in [-0.2, 0) is 4.79 Å². The van der Waals surface area contributed by atoms with Crippen LogP contribution in [0.5, 0.6) is 0 Å². The second kappa shape index (κ2) is 5.10. The Morgan fingerprint density at radius 1 is 1.43 bits per heavy atom. The molecule has 3 nitrogen and oxygen atoms in total. The van der Waals surface area contributed by atoms with E-state index in [1.54, 1.807) is 11.3 Å². The summed E-state index contributed by atoms with van der Waals surface area (Å²) in [7, 11) is 0. The van der Waals surface area contributed by atoms with Gasteiger partial charge in [0.1, 0.15) is 11.7 Å². The summed E-state index contributed by atoms with van der Waals surface area (Å²) in [4.78, 5) is 15.0. The Bertz CT molecular complexity index is 523. The van der Waals surface area contributed by atoms with Crippen molar-refractivity contribution in [2.45, 2.75) is 57.2 Å². The fraction of sp³-hybridized carbons (Fsp3) is 0.706. The van der Waals surface area contributed by atoms with E-state index in [1.165, 1.54) is 31.2 Å². The molecule has 4 rings (SSSR count). The Balaban J connectivity index is 1.54. The molecule has 21 heavy (non-hydrogen) atoms. The average molecular weight is 304 g/mol. The van der Waals surface area contributed by atoms with Gasteiger partial charge in [0.25, 0.3) is 0 Å². The van der Waals surface area contributed by atoms with E-state index in [0.29, 0.717) is 11.8 Å². The molecule has 0 aromatic carbocycles. The lowest BCUT2D eigenvalue weighted by molar-refractivity contribution is -0.131. The molecule has 0 radical (unpaired) electrons. The van der Waals surface area contributed by atoms with Crippen molar-refractivity contribution in [2.24, 2.45) is 11.8 Å². The molecule has 4 heteroatoms. The minimum Gasteiger partial charge on any atom is -0.321 e. The fourth-order valence-electron chi connectivity index (χ4n) is 4.16. The molecule has 2 aliphatic carbocycles. The Morgan fingerprint density at radius 3 is 2.95 bits per heavy atom. The molecule has 114 valence electrons. The van der Waals surface area contributed by atoms with E-state index in [2.05, 4.69) is 34.0 Å². The Morgan fingerprint density at radius 2 is 2.29 bits per heavy atom. The minimum atomic E-state index is -0.202. The highest BCUT2D eigenvalue weighted by Crippen LogP contribution is 2.47. The molecule has 1 spiro atoms. The number of thiophene rings is 1. The van der Waals surface area contributed by atoms with Crippen molar-refractivity contribution in [2.75, 3.05) is 6.54 Å². The zero-order valence-corrected chi connectivity index (χ0v) is 13.5. The summed E-state index contributed by atoms with van der Waals surface area (Å²) in [5.74, 6) is 1.87. The highest BCUT2D eigenvalue weighted by atomic mass is 32.1. The van der Waals surface area contributed by atoms with Crippen molar-refractivity contribution in [1.82, 2.24) is 10.2 Å². The number of rotatable bonds is 3. The standard InChI is InChI=1S/C17H24N2OS/c1-12-3-2-4-13(9-12)10-19-15(14-5-8-21-11-14)18-17(6-7-17)16(19)20/h5,8,11-13,15,18H,2-4,6-7,9-10H2,1H3. The lowest BCUT2D eigenvalue weighted by Crippen LogP contribution is -2.37. The summed E-state index contributed by atoms with van der Waals surface area (Å²) in [5.41, 5.74) is 1.06. The van der Waals surface area contributed by atoms with E-state index in [9.17, 15) is 4.79 Å². The Labute approximate surface area is 130 Å². The third-order valence-electron chi connectivity index (χ3n) is 5.50. The topological polar surface area (TPSA) is 32.3 Å². The van der Waals surface area contributed by atoms with Crippen LogP contribution in [0.25, 0.3) is 0 Å². The maximum absolute atomic E-state index is 12.8. The van der Waals surface area contributed by atoms with Crippen LogP contribution in [-0.4, -0.2) is 22.9 Å². The minimum absolute atomic E-state index is 0.114. The Kier molecular flexibility index (Phi) is 3.34. The number of nitrogens with zero attached hydrogens (tertiary/aromatic N) is 1. The molecular weight excluding hydrogens is 280 g/mol. The first-order chi connectivity index (χ1) is 10.2. The van der Waals surface area contributed by atoms with E-state index >= 15 is 0 Å². The third-order valence-corrected chi connectivity index (χ3v) is 6.21. The summed E-state index contributed by atoms with van der Waals surface area (Å²) in [5, 5.41) is 7.92. The van der Waals surface area contributed by atoms with Crippen LogP contribution in [0.2, 0.25) is 0 Å². The smallest absolute Gasteiger partial charge is 0.244 e. The molecule has 1 aromatic rings. The lowest BCUT2D eigenvalue weighted by Gasteiger charge is -2.32. The number of carbonyl (C=O) groups is 1. The number of nitrogens with one attached hydrogen (secondary N) is 1.